The van der Waals surface area contributed by atoms with Gasteiger partial charge in [0.25, 0.3) is 5.91 Å². The molecule has 0 saturated heterocycles. The van der Waals surface area contributed by atoms with E-state index >= 15 is 0 Å². The second kappa shape index (κ2) is 6.78. The average Bonchev–Trinajstić information content (AvgIpc) is 2.31. The summed E-state index contributed by atoms with van der Waals surface area (Å²) < 4.78 is 0. The monoisotopic (exact) mass is 212 g/mol. The highest BCUT2D eigenvalue weighted by Gasteiger charge is 2.11. The van der Waals surface area contributed by atoms with Crippen molar-refractivity contribution >= 4 is 5.91 Å². The summed E-state index contributed by atoms with van der Waals surface area (Å²) >= 11 is 0. The molecule has 5 nitrogen and oxygen atoms in total. The molecule has 1 heterocycles. The lowest BCUT2D eigenvalue weighted by Crippen LogP contribution is -2.26. The molecular formula is C10H16N2O3. The summed E-state index contributed by atoms with van der Waals surface area (Å²) in [5, 5.41) is 9.97. The van der Waals surface area contributed by atoms with Crippen LogP contribution >= 0.6 is 0 Å². The number of pyridine rings is 1. The summed E-state index contributed by atoms with van der Waals surface area (Å²) in [6.07, 6.45) is 1.21. The van der Waals surface area contributed by atoms with Gasteiger partial charge in [0.15, 0.2) is 0 Å². The first-order valence-electron chi connectivity index (χ1n) is 4.62. The fraction of sp³-hybridized carbons (Fsp3) is 0.400. The van der Waals surface area contributed by atoms with Crippen LogP contribution in [0.4, 0.5) is 0 Å². The third kappa shape index (κ3) is 3.95. The third-order valence-corrected chi connectivity index (χ3v) is 1.53. The van der Waals surface area contributed by atoms with E-state index in [1.807, 2.05) is 13.8 Å². The number of amides is 1. The highest BCUT2D eigenvalue weighted by Crippen LogP contribution is 2.07. The number of aromatic nitrogens is 1. The zero-order valence-electron chi connectivity index (χ0n) is 9.39. The number of aromatic hydroxyl groups is 1. The number of nitrogens with zero attached hydrogens (tertiary/aromatic N) is 2. The fourth-order valence-electron chi connectivity index (χ4n) is 0.757. The average molecular weight is 212 g/mol. The molecule has 0 bridgehead atoms. The van der Waals surface area contributed by atoms with Gasteiger partial charge in [-0.2, -0.15) is 0 Å². The van der Waals surface area contributed by atoms with Gasteiger partial charge in [0.05, 0.1) is 13.3 Å². The van der Waals surface area contributed by atoms with E-state index in [1.165, 1.54) is 32.5 Å². The van der Waals surface area contributed by atoms with E-state index in [1.54, 1.807) is 0 Å². The van der Waals surface area contributed by atoms with E-state index in [9.17, 15) is 4.79 Å². The number of rotatable bonds is 2. The maximum atomic E-state index is 11.3. The fourth-order valence-corrected chi connectivity index (χ4v) is 0.757. The van der Waals surface area contributed by atoms with E-state index in [0.717, 1.165) is 5.06 Å². The van der Waals surface area contributed by atoms with E-state index in [-0.39, 0.29) is 17.4 Å². The van der Waals surface area contributed by atoms with Gasteiger partial charge in [-0.1, -0.05) is 13.8 Å². The minimum atomic E-state index is -0.359. The largest absolute Gasteiger partial charge is 0.506 e. The lowest BCUT2D eigenvalue weighted by Gasteiger charge is -2.12. The molecule has 15 heavy (non-hydrogen) atoms. The van der Waals surface area contributed by atoms with E-state index in [2.05, 4.69) is 9.82 Å². The molecule has 0 radical (unpaired) electrons. The first kappa shape index (κ1) is 13.4. The quantitative estimate of drug-likeness (QED) is 0.753. The SMILES string of the molecule is CC.CON(C)C(=O)c1ccc(O)cn1. The van der Waals surface area contributed by atoms with Crippen LogP contribution in [0.5, 0.6) is 5.75 Å². The number of carbonyl (C=O) groups excluding carboxylic acids is 1. The predicted octanol–water partition coefficient (Wildman–Crippen LogP) is 1.45. The van der Waals surface area contributed by atoms with Crippen molar-refractivity contribution in [1.82, 2.24) is 10.0 Å². The van der Waals surface area contributed by atoms with Crippen molar-refractivity contribution in [3.63, 3.8) is 0 Å². The van der Waals surface area contributed by atoms with Crippen molar-refractivity contribution in [2.45, 2.75) is 13.8 Å². The molecule has 0 aromatic carbocycles. The van der Waals surface area contributed by atoms with Gasteiger partial charge in [-0.3, -0.25) is 9.63 Å². The Morgan fingerprint density at radius 1 is 1.47 bits per heavy atom. The minimum Gasteiger partial charge on any atom is -0.506 e. The van der Waals surface area contributed by atoms with Gasteiger partial charge in [0.1, 0.15) is 11.4 Å². The van der Waals surface area contributed by atoms with Crippen LogP contribution in [0.15, 0.2) is 18.3 Å². The molecule has 1 N–H and O–H groups in total. The van der Waals surface area contributed by atoms with Crippen LogP contribution in [0, 0.1) is 0 Å². The highest BCUT2D eigenvalue weighted by atomic mass is 16.7. The van der Waals surface area contributed by atoms with E-state index in [0.29, 0.717) is 0 Å². The highest BCUT2D eigenvalue weighted by molar-refractivity contribution is 5.91. The summed E-state index contributed by atoms with van der Waals surface area (Å²) in [5.41, 5.74) is 0.224. The van der Waals surface area contributed by atoms with Crippen molar-refractivity contribution in [2.75, 3.05) is 14.2 Å². The van der Waals surface area contributed by atoms with Gasteiger partial charge in [0, 0.05) is 7.05 Å². The van der Waals surface area contributed by atoms with Gasteiger partial charge in [0.2, 0.25) is 0 Å². The first-order valence-corrected chi connectivity index (χ1v) is 4.62. The lowest BCUT2D eigenvalue weighted by molar-refractivity contribution is -0.0760. The van der Waals surface area contributed by atoms with Gasteiger partial charge in [-0.15, -0.1) is 0 Å². The predicted molar refractivity (Wildman–Crippen MR) is 56.4 cm³/mol. The zero-order valence-corrected chi connectivity index (χ0v) is 9.39. The second-order valence-electron chi connectivity index (χ2n) is 2.39. The van der Waals surface area contributed by atoms with Crippen molar-refractivity contribution in [1.29, 1.82) is 0 Å². The maximum Gasteiger partial charge on any atom is 0.295 e. The number of carbonyl (C=O) groups is 1. The smallest absolute Gasteiger partial charge is 0.295 e. The van der Waals surface area contributed by atoms with Gasteiger partial charge >= 0.3 is 0 Å². The van der Waals surface area contributed by atoms with Crippen LogP contribution in [-0.4, -0.2) is 35.2 Å². The van der Waals surface area contributed by atoms with Crippen LogP contribution in [0.2, 0.25) is 0 Å². The normalized spacial score (nSPS) is 8.80. The molecule has 1 amide bonds. The number of hydrogen-bond donors (Lipinski definition) is 1. The van der Waals surface area contributed by atoms with E-state index < -0.39 is 0 Å². The molecule has 0 fully saturated rings. The molecule has 0 atom stereocenters. The van der Waals surface area contributed by atoms with Crippen LogP contribution in [0.1, 0.15) is 24.3 Å². The minimum absolute atomic E-state index is 0.0246. The molecule has 1 aromatic rings. The van der Waals surface area contributed by atoms with Crippen molar-refractivity contribution in [2.24, 2.45) is 0 Å². The van der Waals surface area contributed by atoms with Crippen molar-refractivity contribution in [3.8, 4) is 5.75 Å². The Labute approximate surface area is 89.3 Å². The second-order valence-corrected chi connectivity index (χ2v) is 2.39. The molecule has 0 aliphatic carbocycles. The molecule has 0 aliphatic heterocycles. The Balaban J connectivity index is 0.000000921. The Kier molecular flexibility index (Phi) is 6.05. The molecule has 0 spiro atoms. The van der Waals surface area contributed by atoms with Gasteiger partial charge < -0.3 is 5.11 Å². The molecule has 5 heteroatoms. The van der Waals surface area contributed by atoms with E-state index in [4.69, 9.17) is 5.11 Å². The van der Waals surface area contributed by atoms with Crippen LogP contribution in [0.3, 0.4) is 0 Å². The Bertz CT molecular complexity index is 298. The molecule has 1 aromatic heterocycles. The summed E-state index contributed by atoms with van der Waals surface area (Å²) in [6.45, 7) is 4.00. The van der Waals surface area contributed by atoms with Crippen molar-refractivity contribution in [3.05, 3.63) is 24.0 Å². The topological polar surface area (TPSA) is 62.7 Å². The van der Waals surface area contributed by atoms with Crippen LogP contribution < -0.4 is 0 Å². The van der Waals surface area contributed by atoms with Crippen LogP contribution in [-0.2, 0) is 4.84 Å². The van der Waals surface area contributed by atoms with Gasteiger partial charge in [-0.05, 0) is 12.1 Å². The van der Waals surface area contributed by atoms with Crippen LogP contribution in [0.25, 0.3) is 0 Å². The summed E-state index contributed by atoms with van der Waals surface area (Å²) in [6, 6.07) is 2.82. The number of hydroxylamine groups is 2. The standard InChI is InChI=1S/C8H10N2O3.C2H6/c1-10(13-2)8(12)7-4-3-6(11)5-9-7;1-2/h3-5,11H,1-2H3;1-2H3. The molecule has 0 unspecified atom stereocenters. The Morgan fingerprint density at radius 3 is 2.47 bits per heavy atom. The lowest BCUT2D eigenvalue weighted by atomic mass is 10.3. The zero-order chi connectivity index (χ0) is 11.8. The third-order valence-electron chi connectivity index (χ3n) is 1.53. The first-order chi connectivity index (χ1) is 7.15. The molecule has 0 aliphatic rings. The summed E-state index contributed by atoms with van der Waals surface area (Å²) in [4.78, 5) is 19.7. The van der Waals surface area contributed by atoms with Crippen molar-refractivity contribution < 1.29 is 14.7 Å². The maximum absolute atomic E-state index is 11.3. The molecule has 1 rings (SSSR count). The molecular weight excluding hydrogens is 196 g/mol. The molecule has 0 saturated carbocycles. The molecule has 84 valence electrons. The Hall–Kier alpha value is -1.62. The Morgan fingerprint density at radius 2 is 2.07 bits per heavy atom. The summed E-state index contributed by atoms with van der Waals surface area (Å²) in [5.74, 6) is -0.334. The summed E-state index contributed by atoms with van der Waals surface area (Å²) in [7, 11) is 2.87. The number of hydrogen-bond acceptors (Lipinski definition) is 4. The van der Waals surface area contributed by atoms with Gasteiger partial charge in [-0.25, -0.2) is 10.0 Å².